The number of rotatable bonds is 5. The molecular weight excluding hydrogens is 272 g/mol. The second-order valence-electron chi connectivity index (χ2n) is 4.36. The maximum Gasteiger partial charge on any atom is 0.282 e. The van der Waals surface area contributed by atoms with Crippen molar-refractivity contribution in [2.45, 2.75) is 6.42 Å². The lowest BCUT2D eigenvalue weighted by Gasteiger charge is -2.06. The number of nitrogens with two attached hydrogens (primary N) is 1. The van der Waals surface area contributed by atoms with Crippen molar-refractivity contribution in [3.8, 4) is 0 Å². The quantitative estimate of drug-likeness (QED) is 0.492. The van der Waals surface area contributed by atoms with Gasteiger partial charge in [-0.05, 0) is 24.3 Å². The lowest BCUT2D eigenvalue weighted by molar-refractivity contribution is -0.385. The average molecular weight is 286 g/mol. The number of hydrogen-bond donors (Lipinski definition) is 2. The van der Waals surface area contributed by atoms with Gasteiger partial charge in [-0.3, -0.25) is 19.9 Å². The summed E-state index contributed by atoms with van der Waals surface area (Å²) in [5.41, 5.74) is 6.40. The number of carbonyl (C=O) groups is 1. The highest BCUT2D eigenvalue weighted by molar-refractivity contribution is 5.99. The Labute approximate surface area is 121 Å². The number of amides is 1. The number of carbonyl (C=O) groups excluding carboxylic acids is 1. The van der Waals surface area contributed by atoms with E-state index in [9.17, 15) is 14.9 Å². The Hall–Kier alpha value is -2.96. The van der Waals surface area contributed by atoms with Crippen LogP contribution < -0.4 is 11.1 Å². The predicted molar refractivity (Wildman–Crippen MR) is 77.8 cm³/mol. The zero-order valence-electron chi connectivity index (χ0n) is 11.2. The molecule has 0 bridgehead atoms. The van der Waals surface area contributed by atoms with Gasteiger partial charge in [0.25, 0.3) is 11.6 Å². The van der Waals surface area contributed by atoms with Gasteiger partial charge in [0, 0.05) is 36.6 Å². The van der Waals surface area contributed by atoms with Gasteiger partial charge in [0.1, 0.15) is 5.56 Å². The van der Waals surface area contributed by atoms with Gasteiger partial charge in [-0.2, -0.15) is 0 Å². The van der Waals surface area contributed by atoms with Crippen LogP contribution in [0.4, 0.5) is 11.4 Å². The van der Waals surface area contributed by atoms with Crippen molar-refractivity contribution in [2.24, 2.45) is 0 Å². The minimum Gasteiger partial charge on any atom is -0.399 e. The molecule has 21 heavy (non-hydrogen) atoms. The van der Waals surface area contributed by atoms with E-state index in [0.29, 0.717) is 18.7 Å². The van der Waals surface area contributed by atoms with Crippen molar-refractivity contribution in [1.29, 1.82) is 0 Å². The Balaban J connectivity index is 2.03. The minimum atomic E-state index is -0.604. The Morgan fingerprint density at radius 1 is 1.33 bits per heavy atom. The highest BCUT2D eigenvalue weighted by Crippen LogP contribution is 2.20. The van der Waals surface area contributed by atoms with Crippen molar-refractivity contribution in [2.75, 3.05) is 12.3 Å². The van der Waals surface area contributed by atoms with E-state index in [2.05, 4.69) is 10.3 Å². The summed E-state index contributed by atoms with van der Waals surface area (Å²) in [6, 6.07) is 9.42. The Morgan fingerprint density at radius 3 is 2.81 bits per heavy atom. The molecule has 0 saturated carbocycles. The highest BCUT2D eigenvalue weighted by atomic mass is 16.6. The molecule has 3 N–H and O–H groups in total. The maximum atomic E-state index is 12.0. The van der Waals surface area contributed by atoms with E-state index in [1.807, 2.05) is 12.1 Å². The molecule has 0 aliphatic carbocycles. The molecule has 1 heterocycles. The molecule has 0 atom stereocenters. The van der Waals surface area contributed by atoms with E-state index in [1.165, 1.54) is 18.2 Å². The van der Waals surface area contributed by atoms with Crippen molar-refractivity contribution < 1.29 is 9.72 Å². The number of nitro benzene ring substituents is 1. The number of hydrogen-bond acceptors (Lipinski definition) is 5. The number of nitrogens with one attached hydrogen (secondary N) is 1. The van der Waals surface area contributed by atoms with Crippen molar-refractivity contribution in [1.82, 2.24) is 10.3 Å². The number of pyridine rings is 1. The van der Waals surface area contributed by atoms with Crippen LogP contribution in [-0.2, 0) is 6.42 Å². The summed E-state index contributed by atoms with van der Waals surface area (Å²) in [6.45, 7) is 0.335. The van der Waals surface area contributed by atoms with Crippen LogP contribution in [0.5, 0.6) is 0 Å². The highest BCUT2D eigenvalue weighted by Gasteiger charge is 2.19. The molecule has 108 valence electrons. The molecule has 7 nitrogen and oxygen atoms in total. The monoisotopic (exact) mass is 286 g/mol. The zero-order valence-corrected chi connectivity index (χ0v) is 11.2. The molecule has 0 radical (unpaired) electrons. The van der Waals surface area contributed by atoms with E-state index in [4.69, 9.17) is 5.73 Å². The molecular formula is C14H14N4O3. The third kappa shape index (κ3) is 3.75. The second-order valence-corrected chi connectivity index (χ2v) is 4.36. The van der Waals surface area contributed by atoms with Gasteiger partial charge >= 0.3 is 0 Å². The fourth-order valence-electron chi connectivity index (χ4n) is 1.84. The molecule has 0 saturated heterocycles. The first kappa shape index (κ1) is 14.4. The summed E-state index contributed by atoms with van der Waals surface area (Å²) in [4.78, 5) is 26.5. The average Bonchev–Trinajstić information content (AvgIpc) is 2.47. The van der Waals surface area contributed by atoms with Crippen molar-refractivity contribution in [3.05, 3.63) is 64.0 Å². The summed E-state index contributed by atoms with van der Waals surface area (Å²) in [5.74, 6) is -0.523. The van der Waals surface area contributed by atoms with Crippen LogP contribution in [0, 0.1) is 10.1 Å². The Morgan fingerprint density at radius 2 is 2.14 bits per heavy atom. The third-order valence-electron chi connectivity index (χ3n) is 2.85. The third-order valence-corrected chi connectivity index (χ3v) is 2.85. The fourth-order valence-corrected chi connectivity index (χ4v) is 1.84. The molecule has 7 heteroatoms. The molecule has 0 unspecified atom stereocenters. The van der Waals surface area contributed by atoms with Crippen LogP contribution in [0.3, 0.4) is 0 Å². The van der Waals surface area contributed by atoms with Gasteiger partial charge in [0.15, 0.2) is 0 Å². The van der Waals surface area contributed by atoms with E-state index in [-0.39, 0.29) is 11.3 Å². The molecule has 0 fully saturated rings. The first-order valence-corrected chi connectivity index (χ1v) is 6.30. The maximum absolute atomic E-state index is 12.0. The minimum absolute atomic E-state index is 0.0407. The van der Waals surface area contributed by atoms with Crippen LogP contribution in [0.1, 0.15) is 16.1 Å². The molecule has 0 aliphatic rings. The lowest BCUT2D eigenvalue weighted by atomic mass is 10.1. The van der Waals surface area contributed by atoms with Crippen LogP contribution in [-0.4, -0.2) is 22.4 Å². The molecule has 2 aromatic rings. The summed E-state index contributed by atoms with van der Waals surface area (Å²) in [6.07, 6.45) is 2.21. The van der Waals surface area contributed by atoms with E-state index >= 15 is 0 Å². The van der Waals surface area contributed by atoms with Gasteiger partial charge in [-0.1, -0.05) is 6.07 Å². The number of nitrogen functional groups attached to an aromatic ring is 1. The van der Waals surface area contributed by atoms with Crippen LogP contribution in [0.25, 0.3) is 0 Å². The fraction of sp³-hybridized carbons (Fsp3) is 0.143. The molecule has 0 spiro atoms. The van der Waals surface area contributed by atoms with Crippen molar-refractivity contribution in [3.63, 3.8) is 0 Å². The standard InChI is InChI=1S/C14H14N4O3/c15-10-4-5-13(18(20)21)12(9-10)14(19)17-8-6-11-3-1-2-7-16-11/h1-5,7,9H,6,8,15H2,(H,17,19). The van der Waals surface area contributed by atoms with E-state index < -0.39 is 10.8 Å². The second kappa shape index (κ2) is 6.47. The number of aromatic nitrogens is 1. The van der Waals surface area contributed by atoms with Gasteiger partial charge in [0.05, 0.1) is 4.92 Å². The summed E-state index contributed by atoms with van der Waals surface area (Å²) < 4.78 is 0. The molecule has 1 aromatic carbocycles. The van der Waals surface area contributed by atoms with Crippen LogP contribution >= 0.6 is 0 Å². The first-order valence-electron chi connectivity index (χ1n) is 6.30. The molecule has 0 aliphatic heterocycles. The van der Waals surface area contributed by atoms with E-state index in [0.717, 1.165) is 5.69 Å². The summed E-state index contributed by atoms with van der Waals surface area (Å²) in [5, 5.41) is 13.5. The van der Waals surface area contributed by atoms with Crippen LogP contribution in [0.15, 0.2) is 42.6 Å². The number of anilines is 1. The number of nitrogens with zero attached hydrogens (tertiary/aromatic N) is 2. The normalized spacial score (nSPS) is 10.1. The molecule has 1 amide bonds. The largest absolute Gasteiger partial charge is 0.399 e. The summed E-state index contributed by atoms with van der Waals surface area (Å²) in [7, 11) is 0. The lowest BCUT2D eigenvalue weighted by Crippen LogP contribution is -2.26. The molecule has 1 aromatic heterocycles. The zero-order chi connectivity index (χ0) is 15.2. The van der Waals surface area contributed by atoms with Gasteiger partial charge in [-0.25, -0.2) is 0 Å². The smallest absolute Gasteiger partial charge is 0.282 e. The Bertz CT molecular complexity index is 659. The van der Waals surface area contributed by atoms with E-state index in [1.54, 1.807) is 12.3 Å². The van der Waals surface area contributed by atoms with Gasteiger partial charge in [0.2, 0.25) is 0 Å². The van der Waals surface area contributed by atoms with Crippen LogP contribution in [0.2, 0.25) is 0 Å². The molecule has 2 rings (SSSR count). The van der Waals surface area contributed by atoms with Crippen molar-refractivity contribution >= 4 is 17.3 Å². The first-order chi connectivity index (χ1) is 10.1. The summed E-state index contributed by atoms with van der Waals surface area (Å²) >= 11 is 0. The van der Waals surface area contributed by atoms with Gasteiger partial charge < -0.3 is 11.1 Å². The predicted octanol–water partition coefficient (Wildman–Crippen LogP) is 1.54. The number of benzene rings is 1. The Kier molecular flexibility index (Phi) is 4.45. The topological polar surface area (TPSA) is 111 Å². The number of nitro groups is 1. The SMILES string of the molecule is Nc1ccc([N+](=O)[O-])c(C(=O)NCCc2ccccn2)c1. The van der Waals surface area contributed by atoms with Gasteiger partial charge in [-0.15, -0.1) is 0 Å².